The maximum atomic E-state index is 13.7. The van der Waals surface area contributed by atoms with Crippen LogP contribution >= 0.6 is 11.3 Å². The number of aryl methyl sites for hydroxylation is 1. The van der Waals surface area contributed by atoms with Crippen LogP contribution in [0.25, 0.3) is 0 Å². The summed E-state index contributed by atoms with van der Waals surface area (Å²) in [6.45, 7) is 1.75. The molecule has 1 unspecified atom stereocenters. The first-order valence-electron chi connectivity index (χ1n) is 5.83. The summed E-state index contributed by atoms with van der Waals surface area (Å²) in [4.78, 5) is 23.7. The summed E-state index contributed by atoms with van der Waals surface area (Å²) in [5.74, 6) is -2.49. The molecule has 0 aliphatic carbocycles. The third kappa shape index (κ3) is 2.85. The highest BCUT2D eigenvalue weighted by molar-refractivity contribution is 7.12. The Hall–Kier alpha value is -2.21. The number of aliphatic carboxylic acids is 1. The molecule has 0 bridgehead atoms. The van der Waals surface area contributed by atoms with Crippen molar-refractivity contribution in [1.82, 2.24) is 5.32 Å². The predicted octanol–water partition coefficient (Wildman–Crippen LogP) is 2.75. The number of amides is 1. The van der Waals surface area contributed by atoms with Gasteiger partial charge in [0.05, 0.1) is 4.88 Å². The average molecular weight is 293 g/mol. The maximum Gasteiger partial charge on any atom is 0.331 e. The van der Waals surface area contributed by atoms with E-state index in [4.69, 9.17) is 0 Å². The smallest absolute Gasteiger partial charge is 0.331 e. The maximum absolute atomic E-state index is 13.7. The number of carboxylic acids is 1. The van der Waals surface area contributed by atoms with Gasteiger partial charge in [-0.3, -0.25) is 4.79 Å². The molecule has 4 nitrogen and oxygen atoms in total. The van der Waals surface area contributed by atoms with Gasteiger partial charge in [-0.05, 0) is 30.0 Å². The van der Waals surface area contributed by atoms with E-state index < -0.39 is 23.7 Å². The third-order valence-corrected chi connectivity index (χ3v) is 3.82. The second-order valence-corrected chi connectivity index (χ2v) is 5.12. The van der Waals surface area contributed by atoms with Crippen LogP contribution in [0.2, 0.25) is 0 Å². The molecule has 0 fully saturated rings. The largest absolute Gasteiger partial charge is 0.479 e. The minimum atomic E-state index is -1.41. The number of hydrogen-bond acceptors (Lipinski definition) is 3. The number of carboxylic acid groups (broad SMARTS) is 1. The highest BCUT2D eigenvalue weighted by Crippen LogP contribution is 2.20. The van der Waals surface area contributed by atoms with E-state index in [1.165, 1.54) is 29.5 Å². The lowest BCUT2D eigenvalue weighted by Gasteiger charge is -2.15. The first-order chi connectivity index (χ1) is 9.50. The molecular formula is C14H12FNO3S. The van der Waals surface area contributed by atoms with Crippen molar-refractivity contribution in [3.05, 3.63) is 57.5 Å². The van der Waals surface area contributed by atoms with Gasteiger partial charge in [0.2, 0.25) is 0 Å². The Bertz CT molecular complexity index is 653. The highest BCUT2D eigenvalue weighted by Gasteiger charge is 2.26. The molecule has 0 aliphatic rings. The van der Waals surface area contributed by atoms with E-state index in [1.807, 2.05) is 0 Å². The van der Waals surface area contributed by atoms with Crippen LogP contribution in [-0.2, 0) is 4.79 Å². The second-order valence-electron chi connectivity index (χ2n) is 4.20. The van der Waals surface area contributed by atoms with Gasteiger partial charge in [0.1, 0.15) is 5.82 Å². The Labute approximate surface area is 118 Å². The summed E-state index contributed by atoms with van der Waals surface area (Å²) in [6, 6.07) is 5.84. The number of carbonyl (C=O) groups is 2. The molecule has 0 saturated carbocycles. The van der Waals surface area contributed by atoms with Crippen LogP contribution in [0.15, 0.2) is 35.7 Å². The zero-order valence-electron chi connectivity index (χ0n) is 10.6. The van der Waals surface area contributed by atoms with Crippen LogP contribution in [0.1, 0.15) is 26.8 Å². The van der Waals surface area contributed by atoms with E-state index in [0.29, 0.717) is 4.88 Å². The molecule has 6 heteroatoms. The first-order valence-corrected chi connectivity index (χ1v) is 6.71. The van der Waals surface area contributed by atoms with Gasteiger partial charge < -0.3 is 10.4 Å². The Morgan fingerprint density at radius 1 is 1.30 bits per heavy atom. The van der Waals surface area contributed by atoms with E-state index in [2.05, 4.69) is 5.32 Å². The number of rotatable bonds is 4. The van der Waals surface area contributed by atoms with Crippen molar-refractivity contribution in [2.45, 2.75) is 13.0 Å². The van der Waals surface area contributed by atoms with Crippen molar-refractivity contribution in [2.75, 3.05) is 0 Å². The Morgan fingerprint density at radius 2 is 2.00 bits per heavy atom. The second kappa shape index (κ2) is 5.83. The van der Waals surface area contributed by atoms with Crippen LogP contribution < -0.4 is 5.32 Å². The molecule has 0 radical (unpaired) electrons. The fourth-order valence-electron chi connectivity index (χ4n) is 1.78. The molecule has 1 aromatic heterocycles. The number of benzene rings is 1. The van der Waals surface area contributed by atoms with Crippen molar-refractivity contribution in [3.63, 3.8) is 0 Å². The fraction of sp³-hybridized carbons (Fsp3) is 0.143. The van der Waals surface area contributed by atoms with Crippen LogP contribution in [0.3, 0.4) is 0 Å². The molecule has 0 aliphatic heterocycles. The van der Waals surface area contributed by atoms with Gasteiger partial charge in [-0.25, -0.2) is 9.18 Å². The number of thiophene rings is 1. The van der Waals surface area contributed by atoms with Crippen molar-refractivity contribution in [3.8, 4) is 0 Å². The lowest BCUT2D eigenvalue weighted by molar-refractivity contribution is -0.139. The monoisotopic (exact) mass is 293 g/mol. The lowest BCUT2D eigenvalue weighted by Crippen LogP contribution is -2.34. The summed E-state index contributed by atoms with van der Waals surface area (Å²) in [7, 11) is 0. The number of carbonyl (C=O) groups excluding carboxylic acids is 1. The normalized spacial score (nSPS) is 11.9. The average Bonchev–Trinajstić information content (AvgIpc) is 2.83. The summed E-state index contributed by atoms with van der Waals surface area (Å²) in [5.41, 5.74) is 0.688. The Balaban J connectivity index is 2.28. The van der Waals surface area contributed by atoms with Gasteiger partial charge in [-0.15, -0.1) is 11.3 Å². The quantitative estimate of drug-likeness (QED) is 0.911. The van der Waals surface area contributed by atoms with E-state index in [1.54, 1.807) is 18.4 Å². The van der Waals surface area contributed by atoms with E-state index in [9.17, 15) is 19.1 Å². The van der Waals surface area contributed by atoms with Gasteiger partial charge in [0.25, 0.3) is 5.91 Å². The number of hydrogen-bond donors (Lipinski definition) is 2. The number of nitrogens with one attached hydrogen (secondary N) is 1. The molecule has 0 spiro atoms. The van der Waals surface area contributed by atoms with Gasteiger partial charge in [-0.1, -0.05) is 18.2 Å². The summed E-state index contributed by atoms with van der Waals surface area (Å²) >= 11 is 1.21. The molecule has 1 aromatic carbocycles. The highest BCUT2D eigenvalue weighted by atomic mass is 32.1. The molecule has 1 heterocycles. The summed E-state index contributed by atoms with van der Waals surface area (Å²) in [6.07, 6.45) is 0. The van der Waals surface area contributed by atoms with Gasteiger partial charge in [0.15, 0.2) is 6.04 Å². The topological polar surface area (TPSA) is 66.4 Å². The van der Waals surface area contributed by atoms with E-state index in [-0.39, 0.29) is 5.56 Å². The van der Waals surface area contributed by atoms with Gasteiger partial charge in [0, 0.05) is 5.56 Å². The lowest BCUT2D eigenvalue weighted by atomic mass is 10.1. The van der Waals surface area contributed by atoms with Crippen LogP contribution in [0, 0.1) is 12.7 Å². The van der Waals surface area contributed by atoms with Crippen LogP contribution in [0.4, 0.5) is 4.39 Å². The zero-order chi connectivity index (χ0) is 14.7. The standard InChI is InChI=1S/C14H12FNO3S/c1-8-6-7-20-12(8)13(17)16-11(14(18)19)9-4-2-3-5-10(9)15/h2-7,11H,1H3,(H,16,17)(H,18,19). The minimum absolute atomic E-state index is 0.0671. The van der Waals surface area contributed by atoms with Crippen molar-refractivity contribution < 1.29 is 19.1 Å². The molecule has 1 amide bonds. The van der Waals surface area contributed by atoms with Crippen LogP contribution in [0.5, 0.6) is 0 Å². The zero-order valence-corrected chi connectivity index (χ0v) is 11.4. The molecule has 2 aromatic rings. The fourth-order valence-corrected chi connectivity index (χ4v) is 2.61. The molecule has 2 rings (SSSR count). The number of halogens is 1. The summed E-state index contributed by atoms with van der Waals surface area (Å²) < 4.78 is 13.7. The van der Waals surface area contributed by atoms with Crippen molar-refractivity contribution >= 4 is 23.2 Å². The molecule has 20 heavy (non-hydrogen) atoms. The SMILES string of the molecule is Cc1ccsc1C(=O)NC(C(=O)O)c1ccccc1F. The molecule has 104 valence electrons. The summed E-state index contributed by atoms with van der Waals surface area (Å²) in [5, 5.41) is 13.3. The molecule has 0 saturated heterocycles. The minimum Gasteiger partial charge on any atom is -0.479 e. The van der Waals surface area contributed by atoms with Gasteiger partial charge >= 0.3 is 5.97 Å². The predicted molar refractivity (Wildman–Crippen MR) is 73.3 cm³/mol. The third-order valence-electron chi connectivity index (χ3n) is 2.81. The van der Waals surface area contributed by atoms with Crippen LogP contribution in [-0.4, -0.2) is 17.0 Å². The van der Waals surface area contributed by atoms with Gasteiger partial charge in [-0.2, -0.15) is 0 Å². The Morgan fingerprint density at radius 3 is 2.55 bits per heavy atom. The Kier molecular flexibility index (Phi) is 4.14. The van der Waals surface area contributed by atoms with Crippen molar-refractivity contribution in [1.29, 1.82) is 0 Å². The molecule has 2 N–H and O–H groups in total. The van der Waals surface area contributed by atoms with E-state index in [0.717, 1.165) is 11.6 Å². The van der Waals surface area contributed by atoms with E-state index >= 15 is 0 Å². The molecule has 1 atom stereocenters. The first kappa shape index (κ1) is 14.2. The molecular weight excluding hydrogens is 281 g/mol. The van der Waals surface area contributed by atoms with Crippen molar-refractivity contribution in [2.24, 2.45) is 0 Å².